The number of hydrogen-bond acceptors (Lipinski definition) is 4. The van der Waals surface area contributed by atoms with Crippen molar-refractivity contribution in [2.75, 3.05) is 20.2 Å². The molecule has 6 heteroatoms. The first-order chi connectivity index (χ1) is 10.8. The minimum atomic E-state index is -0.0473. The molecule has 0 unspecified atom stereocenters. The largest absolute Gasteiger partial charge is 0.381 e. The lowest BCUT2D eigenvalue weighted by molar-refractivity contribution is 0.0347. The first kappa shape index (κ1) is 14.7. The van der Waals surface area contributed by atoms with E-state index in [4.69, 9.17) is 4.74 Å². The average molecular weight is 300 g/mol. The summed E-state index contributed by atoms with van der Waals surface area (Å²) in [6, 6.07) is 10.00. The van der Waals surface area contributed by atoms with Crippen molar-refractivity contribution >= 4 is 5.91 Å². The van der Waals surface area contributed by atoms with Gasteiger partial charge in [0.05, 0.1) is 18.8 Å². The molecular weight excluding hydrogens is 280 g/mol. The highest BCUT2D eigenvalue weighted by Gasteiger charge is 2.25. The zero-order valence-electron chi connectivity index (χ0n) is 12.7. The molecule has 1 aromatic carbocycles. The van der Waals surface area contributed by atoms with Gasteiger partial charge in [-0.1, -0.05) is 35.5 Å². The van der Waals surface area contributed by atoms with Crippen LogP contribution in [0.25, 0.3) is 0 Å². The molecule has 0 atom stereocenters. The molecule has 3 rings (SSSR count). The number of carbonyl (C=O) groups is 1. The summed E-state index contributed by atoms with van der Waals surface area (Å²) in [5.41, 5.74) is 1.54. The highest BCUT2D eigenvalue weighted by Crippen LogP contribution is 2.15. The van der Waals surface area contributed by atoms with E-state index in [9.17, 15) is 4.79 Å². The van der Waals surface area contributed by atoms with E-state index in [1.165, 1.54) is 0 Å². The fourth-order valence-electron chi connectivity index (χ4n) is 2.70. The molecule has 1 aromatic heterocycles. The second-order valence-corrected chi connectivity index (χ2v) is 5.51. The molecule has 0 aliphatic carbocycles. The Morgan fingerprint density at radius 1 is 1.27 bits per heavy atom. The summed E-state index contributed by atoms with van der Waals surface area (Å²) in [6.07, 6.45) is 3.73. The van der Waals surface area contributed by atoms with Crippen LogP contribution in [0.15, 0.2) is 36.5 Å². The Morgan fingerprint density at radius 2 is 2.00 bits per heavy atom. The molecule has 1 aliphatic rings. The maximum Gasteiger partial charge on any atom is 0.276 e. The van der Waals surface area contributed by atoms with E-state index >= 15 is 0 Å². The van der Waals surface area contributed by atoms with Gasteiger partial charge in [0.25, 0.3) is 5.91 Å². The Hall–Kier alpha value is -2.21. The van der Waals surface area contributed by atoms with Gasteiger partial charge >= 0.3 is 0 Å². The minimum Gasteiger partial charge on any atom is -0.381 e. The molecule has 2 aromatic rings. The fourth-order valence-corrected chi connectivity index (χ4v) is 2.70. The highest BCUT2D eigenvalue weighted by atomic mass is 16.5. The number of ether oxygens (including phenoxy) is 1. The number of hydrogen-bond donors (Lipinski definition) is 0. The van der Waals surface area contributed by atoms with Crippen LogP contribution >= 0.6 is 0 Å². The van der Waals surface area contributed by atoms with Gasteiger partial charge < -0.3 is 9.64 Å². The molecule has 1 amide bonds. The molecule has 116 valence electrons. The van der Waals surface area contributed by atoms with Crippen molar-refractivity contribution in [1.82, 2.24) is 19.9 Å². The third-order valence-electron chi connectivity index (χ3n) is 4.01. The number of carbonyl (C=O) groups excluding carboxylic acids is 1. The zero-order chi connectivity index (χ0) is 15.4. The quantitative estimate of drug-likeness (QED) is 0.860. The van der Waals surface area contributed by atoms with Gasteiger partial charge in [0, 0.05) is 20.2 Å². The molecule has 22 heavy (non-hydrogen) atoms. The van der Waals surface area contributed by atoms with Crippen molar-refractivity contribution in [1.29, 1.82) is 0 Å². The van der Waals surface area contributed by atoms with Crippen LogP contribution in [-0.2, 0) is 11.3 Å². The first-order valence-corrected chi connectivity index (χ1v) is 7.52. The van der Waals surface area contributed by atoms with Gasteiger partial charge in [-0.05, 0) is 18.4 Å². The normalized spacial score (nSPS) is 16.0. The summed E-state index contributed by atoms with van der Waals surface area (Å²) in [5.74, 6) is -0.0473. The second-order valence-electron chi connectivity index (χ2n) is 5.51. The van der Waals surface area contributed by atoms with E-state index in [0.29, 0.717) is 25.3 Å². The number of rotatable bonds is 4. The molecular formula is C16H20N4O2. The topological polar surface area (TPSA) is 60.2 Å². The number of methoxy groups -OCH3 is 1. The lowest BCUT2D eigenvalue weighted by Crippen LogP contribution is -2.40. The Kier molecular flexibility index (Phi) is 4.48. The van der Waals surface area contributed by atoms with Crippen molar-refractivity contribution in [2.45, 2.75) is 25.5 Å². The van der Waals surface area contributed by atoms with Crippen LogP contribution in [0.1, 0.15) is 28.9 Å². The van der Waals surface area contributed by atoms with Gasteiger partial charge in [-0.25, -0.2) is 4.68 Å². The first-order valence-electron chi connectivity index (χ1n) is 7.52. The fraction of sp³-hybridized carbons (Fsp3) is 0.438. The molecule has 1 fully saturated rings. The van der Waals surface area contributed by atoms with Crippen LogP contribution in [0.3, 0.4) is 0 Å². The van der Waals surface area contributed by atoms with Gasteiger partial charge in [0.2, 0.25) is 0 Å². The smallest absolute Gasteiger partial charge is 0.276 e. The van der Waals surface area contributed by atoms with E-state index in [-0.39, 0.29) is 12.0 Å². The molecule has 0 bridgehead atoms. The van der Waals surface area contributed by atoms with E-state index in [1.54, 1.807) is 18.0 Å². The predicted molar refractivity (Wildman–Crippen MR) is 81.5 cm³/mol. The van der Waals surface area contributed by atoms with Crippen LogP contribution in [0.4, 0.5) is 0 Å². The zero-order valence-corrected chi connectivity index (χ0v) is 12.7. The number of aromatic nitrogens is 3. The van der Waals surface area contributed by atoms with Gasteiger partial charge in [0.1, 0.15) is 0 Å². The second kappa shape index (κ2) is 6.70. The van der Waals surface area contributed by atoms with Gasteiger partial charge in [-0.2, -0.15) is 0 Å². The number of amides is 1. The SMILES string of the molecule is COC1CCN(C(=O)c2cn(Cc3ccccc3)nn2)CC1. The van der Waals surface area contributed by atoms with Gasteiger partial charge in [-0.15, -0.1) is 5.10 Å². The number of benzene rings is 1. The highest BCUT2D eigenvalue weighted by molar-refractivity contribution is 5.92. The van der Waals surface area contributed by atoms with Crippen LogP contribution in [0.2, 0.25) is 0 Å². The molecule has 0 radical (unpaired) electrons. The lowest BCUT2D eigenvalue weighted by Gasteiger charge is -2.30. The number of nitrogens with zero attached hydrogens (tertiary/aromatic N) is 4. The molecule has 2 heterocycles. The molecule has 6 nitrogen and oxygen atoms in total. The van der Waals surface area contributed by atoms with Crippen LogP contribution in [0.5, 0.6) is 0 Å². The van der Waals surface area contributed by atoms with Crippen LogP contribution < -0.4 is 0 Å². The third kappa shape index (κ3) is 3.33. The Labute approximate surface area is 129 Å². The number of piperidine rings is 1. The van der Waals surface area contributed by atoms with Crippen molar-refractivity contribution in [3.05, 3.63) is 47.8 Å². The van der Waals surface area contributed by atoms with E-state index < -0.39 is 0 Å². The summed E-state index contributed by atoms with van der Waals surface area (Å²) in [7, 11) is 1.72. The maximum atomic E-state index is 12.4. The summed E-state index contributed by atoms with van der Waals surface area (Å²) < 4.78 is 7.02. The van der Waals surface area contributed by atoms with Crippen molar-refractivity contribution in [3.8, 4) is 0 Å². The molecule has 1 aliphatic heterocycles. The van der Waals surface area contributed by atoms with Gasteiger partial charge in [-0.3, -0.25) is 4.79 Å². The Balaban J connectivity index is 1.62. The monoisotopic (exact) mass is 300 g/mol. The van der Waals surface area contributed by atoms with Crippen molar-refractivity contribution < 1.29 is 9.53 Å². The summed E-state index contributed by atoms with van der Waals surface area (Å²) in [5, 5.41) is 8.07. The lowest BCUT2D eigenvalue weighted by atomic mass is 10.1. The third-order valence-corrected chi connectivity index (χ3v) is 4.01. The summed E-state index contributed by atoms with van der Waals surface area (Å²) >= 11 is 0. The van der Waals surface area contributed by atoms with E-state index in [1.807, 2.05) is 35.2 Å². The van der Waals surface area contributed by atoms with E-state index in [2.05, 4.69) is 10.3 Å². The average Bonchev–Trinajstić information content (AvgIpc) is 3.04. The van der Waals surface area contributed by atoms with E-state index in [0.717, 1.165) is 18.4 Å². The maximum absolute atomic E-state index is 12.4. The Morgan fingerprint density at radius 3 is 2.68 bits per heavy atom. The number of likely N-dealkylation sites (tertiary alicyclic amines) is 1. The van der Waals surface area contributed by atoms with Crippen molar-refractivity contribution in [3.63, 3.8) is 0 Å². The molecule has 0 spiro atoms. The van der Waals surface area contributed by atoms with Crippen molar-refractivity contribution in [2.24, 2.45) is 0 Å². The summed E-state index contributed by atoms with van der Waals surface area (Å²) in [6.45, 7) is 2.04. The van der Waals surface area contributed by atoms with Gasteiger partial charge in [0.15, 0.2) is 5.69 Å². The standard InChI is InChI=1S/C16H20N4O2/c1-22-14-7-9-19(10-8-14)16(21)15-12-20(18-17-15)11-13-5-3-2-4-6-13/h2-6,12,14H,7-11H2,1H3. The summed E-state index contributed by atoms with van der Waals surface area (Å²) in [4.78, 5) is 14.3. The predicted octanol–water partition coefficient (Wildman–Crippen LogP) is 1.58. The van der Waals surface area contributed by atoms with Crippen LogP contribution in [0, 0.1) is 0 Å². The molecule has 0 saturated carbocycles. The molecule has 0 N–H and O–H groups in total. The molecule has 1 saturated heterocycles. The Bertz CT molecular complexity index is 618. The van der Waals surface area contributed by atoms with Crippen LogP contribution in [-0.4, -0.2) is 52.1 Å². The minimum absolute atomic E-state index is 0.0473.